The van der Waals surface area contributed by atoms with Crippen LogP contribution in [0.15, 0.2) is 53.4 Å². The van der Waals surface area contributed by atoms with Gasteiger partial charge in [0.25, 0.3) is 0 Å². The van der Waals surface area contributed by atoms with Crippen LogP contribution in [0, 0.1) is 0 Å². The molecule has 1 aliphatic rings. The number of nitrogens with zero attached hydrogens (tertiary/aromatic N) is 1. The summed E-state index contributed by atoms with van der Waals surface area (Å²) in [6.07, 6.45) is 1.05. The number of benzene rings is 2. The average molecular weight is 410 g/mol. The monoisotopic (exact) mass is 409 g/mol. The fourth-order valence-corrected chi connectivity index (χ4v) is 4.75. The maximum atomic E-state index is 12.9. The Bertz CT molecular complexity index is 897. The lowest BCUT2D eigenvalue weighted by Crippen LogP contribution is -2.41. The van der Waals surface area contributed by atoms with E-state index in [1.807, 2.05) is 0 Å². The highest BCUT2D eigenvalue weighted by molar-refractivity contribution is 7.89. The first-order chi connectivity index (χ1) is 12.9. The van der Waals surface area contributed by atoms with Crippen LogP contribution in [-0.2, 0) is 26.2 Å². The zero-order chi connectivity index (χ0) is 19.4. The fourth-order valence-electron chi connectivity index (χ4n) is 2.98. The van der Waals surface area contributed by atoms with E-state index in [1.165, 1.54) is 23.5 Å². The van der Waals surface area contributed by atoms with Crippen LogP contribution in [0.3, 0.4) is 0 Å². The first-order valence-electron chi connectivity index (χ1n) is 8.49. The minimum Gasteiger partial charge on any atom is -0.497 e. The SMILES string of the molecule is COc1ccc(S(=O)(=O)N2CCC[C@H]2C(=O)OCc2ccc(Cl)cc2)cc1. The molecule has 0 unspecified atom stereocenters. The molecule has 1 saturated heterocycles. The highest BCUT2D eigenvalue weighted by atomic mass is 35.5. The maximum Gasteiger partial charge on any atom is 0.324 e. The largest absolute Gasteiger partial charge is 0.497 e. The van der Waals surface area contributed by atoms with Crippen molar-refractivity contribution in [3.8, 4) is 5.75 Å². The van der Waals surface area contributed by atoms with Gasteiger partial charge in [-0.15, -0.1) is 0 Å². The molecule has 0 N–H and O–H groups in total. The van der Waals surface area contributed by atoms with Crippen molar-refractivity contribution in [3.05, 3.63) is 59.1 Å². The Labute approximate surface area is 163 Å². The summed E-state index contributed by atoms with van der Waals surface area (Å²) in [6, 6.07) is 12.2. The minimum atomic E-state index is -3.79. The molecular formula is C19H20ClNO5S. The number of carbonyl (C=O) groups is 1. The molecule has 1 fully saturated rings. The van der Waals surface area contributed by atoms with Crippen molar-refractivity contribution in [2.45, 2.75) is 30.4 Å². The number of rotatable bonds is 6. The van der Waals surface area contributed by atoms with E-state index >= 15 is 0 Å². The molecule has 8 heteroatoms. The number of sulfonamides is 1. The molecule has 1 heterocycles. The Morgan fingerprint density at radius 1 is 1.15 bits per heavy atom. The molecule has 0 radical (unpaired) electrons. The lowest BCUT2D eigenvalue weighted by molar-refractivity contribution is -0.148. The van der Waals surface area contributed by atoms with Crippen molar-refractivity contribution in [2.75, 3.05) is 13.7 Å². The van der Waals surface area contributed by atoms with Gasteiger partial charge in [-0.05, 0) is 54.8 Å². The van der Waals surface area contributed by atoms with Crippen molar-refractivity contribution in [1.29, 1.82) is 0 Å². The van der Waals surface area contributed by atoms with E-state index in [1.54, 1.807) is 36.4 Å². The number of methoxy groups -OCH3 is 1. The van der Waals surface area contributed by atoms with Crippen LogP contribution in [0.2, 0.25) is 5.02 Å². The van der Waals surface area contributed by atoms with Gasteiger partial charge in [-0.3, -0.25) is 4.79 Å². The Morgan fingerprint density at radius 2 is 1.81 bits per heavy atom. The summed E-state index contributed by atoms with van der Waals surface area (Å²) in [4.78, 5) is 12.6. The molecule has 1 aliphatic heterocycles. The molecule has 27 heavy (non-hydrogen) atoms. The van der Waals surface area contributed by atoms with Crippen molar-refractivity contribution in [2.24, 2.45) is 0 Å². The third kappa shape index (κ3) is 4.43. The van der Waals surface area contributed by atoms with Gasteiger partial charge >= 0.3 is 5.97 Å². The first kappa shape index (κ1) is 19.7. The van der Waals surface area contributed by atoms with Gasteiger partial charge in [-0.25, -0.2) is 8.42 Å². The Balaban J connectivity index is 1.71. The maximum absolute atomic E-state index is 12.9. The zero-order valence-electron chi connectivity index (χ0n) is 14.8. The molecule has 2 aromatic rings. The number of carbonyl (C=O) groups excluding carboxylic acids is 1. The van der Waals surface area contributed by atoms with E-state index in [2.05, 4.69) is 0 Å². The molecule has 0 aromatic heterocycles. The molecule has 1 atom stereocenters. The van der Waals surface area contributed by atoms with Crippen molar-refractivity contribution < 1.29 is 22.7 Å². The Morgan fingerprint density at radius 3 is 2.44 bits per heavy atom. The van der Waals surface area contributed by atoms with E-state index in [-0.39, 0.29) is 18.0 Å². The molecular weight excluding hydrogens is 390 g/mol. The molecule has 3 rings (SSSR count). The summed E-state index contributed by atoms with van der Waals surface area (Å²) in [5, 5.41) is 0.595. The van der Waals surface area contributed by atoms with E-state index in [0.717, 1.165) is 5.56 Å². The molecule has 0 aliphatic carbocycles. The van der Waals surface area contributed by atoms with Crippen molar-refractivity contribution >= 4 is 27.6 Å². The summed E-state index contributed by atoms with van der Waals surface area (Å²) in [5.41, 5.74) is 0.787. The third-order valence-electron chi connectivity index (χ3n) is 4.44. The van der Waals surface area contributed by atoms with Gasteiger partial charge in [0.1, 0.15) is 18.4 Å². The quantitative estimate of drug-likeness (QED) is 0.685. The molecule has 0 spiro atoms. The summed E-state index contributed by atoms with van der Waals surface area (Å²) < 4.78 is 37.5. The van der Waals surface area contributed by atoms with Gasteiger partial charge in [0.2, 0.25) is 10.0 Å². The van der Waals surface area contributed by atoms with E-state index < -0.39 is 22.0 Å². The van der Waals surface area contributed by atoms with Crippen LogP contribution in [-0.4, -0.2) is 38.4 Å². The third-order valence-corrected chi connectivity index (χ3v) is 6.61. The lowest BCUT2D eigenvalue weighted by atomic mass is 10.2. The summed E-state index contributed by atoms with van der Waals surface area (Å²) in [7, 11) is -2.28. The van der Waals surface area contributed by atoms with E-state index in [4.69, 9.17) is 21.1 Å². The van der Waals surface area contributed by atoms with Gasteiger partial charge < -0.3 is 9.47 Å². The predicted octanol–water partition coefficient (Wildman–Crippen LogP) is 3.25. The first-order valence-corrected chi connectivity index (χ1v) is 10.3. The van der Waals surface area contributed by atoms with E-state index in [9.17, 15) is 13.2 Å². The normalized spacial score (nSPS) is 17.6. The van der Waals surface area contributed by atoms with Crippen LogP contribution < -0.4 is 4.74 Å². The van der Waals surface area contributed by atoms with Crippen LogP contribution in [0.1, 0.15) is 18.4 Å². The molecule has 0 bridgehead atoms. The number of ether oxygens (including phenoxy) is 2. The number of hydrogen-bond acceptors (Lipinski definition) is 5. The molecule has 2 aromatic carbocycles. The number of hydrogen-bond donors (Lipinski definition) is 0. The topological polar surface area (TPSA) is 72.9 Å². The highest BCUT2D eigenvalue weighted by Crippen LogP contribution is 2.28. The minimum absolute atomic E-state index is 0.0723. The second-order valence-corrected chi connectivity index (χ2v) is 8.51. The standard InChI is InChI=1S/C19H20ClNO5S/c1-25-16-8-10-17(11-9-16)27(23,24)21-12-2-3-18(21)19(22)26-13-14-4-6-15(20)7-5-14/h4-11,18H,2-3,12-13H2,1H3/t18-/m0/s1. The summed E-state index contributed by atoms with van der Waals surface area (Å²) >= 11 is 5.84. The zero-order valence-corrected chi connectivity index (χ0v) is 16.4. The van der Waals surface area contributed by atoms with Crippen LogP contribution >= 0.6 is 11.6 Å². The van der Waals surface area contributed by atoms with Crippen LogP contribution in [0.5, 0.6) is 5.75 Å². The van der Waals surface area contributed by atoms with Gasteiger partial charge in [0.05, 0.1) is 12.0 Å². The number of halogens is 1. The number of esters is 1. The summed E-state index contributed by atoms with van der Waals surface area (Å²) in [6.45, 7) is 0.359. The van der Waals surface area contributed by atoms with Crippen LogP contribution in [0.25, 0.3) is 0 Å². The van der Waals surface area contributed by atoms with Crippen LogP contribution in [0.4, 0.5) is 0 Å². The van der Waals surface area contributed by atoms with E-state index in [0.29, 0.717) is 23.6 Å². The second kappa shape index (κ2) is 8.29. The second-order valence-electron chi connectivity index (χ2n) is 6.18. The molecule has 0 amide bonds. The van der Waals surface area contributed by atoms with Crippen molar-refractivity contribution in [3.63, 3.8) is 0 Å². The average Bonchev–Trinajstić information content (AvgIpc) is 3.18. The van der Waals surface area contributed by atoms with Gasteiger partial charge in [0, 0.05) is 11.6 Å². The molecule has 144 valence electrons. The Kier molecular flexibility index (Phi) is 6.04. The van der Waals surface area contributed by atoms with Crippen molar-refractivity contribution in [1.82, 2.24) is 4.31 Å². The van der Waals surface area contributed by atoms with Gasteiger partial charge in [-0.2, -0.15) is 4.31 Å². The summed E-state index contributed by atoms with van der Waals surface area (Å²) in [5.74, 6) is 0.0221. The smallest absolute Gasteiger partial charge is 0.324 e. The fraction of sp³-hybridized carbons (Fsp3) is 0.316. The highest BCUT2D eigenvalue weighted by Gasteiger charge is 2.40. The van der Waals surface area contributed by atoms with Gasteiger partial charge in [-0.1, -0.05) is 23.7 Å². The predicted molar refractivity (Wildman–Crippen MR) is 101 cm³/mol. The molecule has 0 saturated carbocycles. The lowest BCUT2D eigenvalue weighted by Gasteiger charge is -2.23. The Hall–Kier alpha value is -2.09. The molecule has 6 nitrogen and oxygen atoms in total. The van der Waals surface area contributed by atoms with Gasteiger partial charge in [0.15, 0.2) is 0 Å².